The molecule has 0 fully saturated rings. The number of amides is 2. The largest absolute Gasteiger partial charge is 0.361 e. The molecule has 0 saturated heterocycles. The van der Waals surface area contributed by atoms with Gasteiger partial charge in [-0.25, -0.2) is 0 Å². The highest BCUT2D eigenvalue weighted by molar-refractivity contribution is 7.98. The predicted molar refractivity (Wildman–Crippen MR) is 88.2 cm³/mol. The highest BCUT2D eigenvalue weighted by Crippen LogP contribution is 2.31. The van der Waals surface area contributed by atoms with Gasteiger partial charge in [0.15, 0.2) is 0 Å². The number of hydrogen-bond acceptors (Lipinski definition) is 4. The molecule has 0 aliphatic carbocycles. The summed E-state index contributed by atoms with van der Waals surface area (Å²) >= 11 is 1.69. The molecular formula is C15H21N3O2S. The van der Waals surface area contributed by atoms with Crippen LogP contribution in [0, 0.1) is 0 Å². The highest BCUT2D eigenvalue weighted by Gasteiger charge is 2.27. The van der Waals surface area contributed by atoms with Crippen LogP contribution in [0.25, 0.3) is 0 Å². The molecule has 0 aromatic heterocycles. The average Bonchev–Trinajstić information content (AvgIpc) is 2.44. The second-order valence-corrected chi connectivity index (χ2v) is 6.25. The fraction of sp³-hybridized carbons (Fsp3) is 0.467. The van der Waals surface area contributed by atoms with Crippen LogP contribution in [0.2, 0.25) is 0 Å². The molecule has 1 heterocycles. The molecule has 6 heteroatoms. The molecule has 0 spiro atoms. The first kappa shape index (κ1) is 15.7. The molecule has 5 nitrogen and oxygen atoms in total. The number of carbonyl (C=O) groups is 2. The quantitative estimate of drug-likeness (QED) is 0.892. The molecule has 21 heavy (non-hydrogen) atoms. The summed E-state index contributed by atoms with van der Waals surface area (Å²) < 4.78 is 0. The van der Waals surface area contributed by atoms with E-state index in [2.05, 4.69) is 10.6 Å². The topological polar surface area (TPSA) is 61.4 Å². The fourth-order valence-corrected chi connectivity index (χ4v) is 2.89. The summed E-state index contributed by atoms with van der Waals surface area (Å²) in [5, 5.41) is 5.80. The lowest BCUT2D eigenvalue weighted by molar-refractivity contribution is -0.117. The van der Waals surface area contributed by atoms with Crippen LogP contribution in [0.15, 0.2) is 18.2 Å². The molecule has 0 saturated carbocycles. The minimum Gasteiger partial charge on any atom is -0.361 e. The van der Waals surface area contributed by atoms with Gasteiger partial charge < -0.3 is 15.5 Å². The van der Waals surface area contributed by atoms with Gasteiger partial charge in [0.2, 0.25) is 5.91 Å². The van der Waals surface area contributed by atoms with Gasteiger partial charge >= 0.3 is 0 Å². The summed E-state index contributed by atoms with van der Waals surface area (Å²) in [5.41, 5.74) is 2.17. The Hall–Kier alpha value is -1.69. The number of nitrogens with zero attached hydrogens (tertiary/aromatic N) is 1. The molecule has 0 bridgehead atoms. The summed E-state index contributed by atoms with van der Waals surface area (Å²) in [6, 6.07) is 5.30. The molecule has 2 atom stereocenters. The van der Waals surface area contributed by atoms with Crippen molar-refractivity contribution in [1.29, 1.82) is 0 Å². The van der Waals surface area contributed by atoms with Crippen LogP contribution < -0.4 is 15.5 Å². The van der Waals surface area contributed by atoms with E-state index in [0.717, 1.165) is 11.4 Å². The lowest BCUT2D eigenvalue weighted by Gasteiger charge is -2.33. The van der Waals surface area contributed by atoms with Crippen LogP contribution in [0.4, 0.5) is 11.4 Å². The van der Waals surface area contributed by atoms with E-state index in [1.54, 1.807) is 23.9 Å². The zero-order valence-corrected chi connectivity index (χ0v) is 13.6. The Morgan fingerprint density at radius 1 is 1.52 bits per heavy atom. The zero-order chi connectivity index (χ0) is 15.6. The van der Waals surface area contributed by atoms with Crippen molar-refractivity contribution < 1.29 is 9.59 Å². The van der Waals surface area contributed by atoms with Crippen molar-refractivity contribution in [2.45, 2.75) is 25.9 Å². The summed E-state index contributed by atoms with van der Waals surface area (Å²) in [4.78, 5) is 26.0. The van der Waals surface area contributed by atoms with Crippen LogP contribution in [0.3, 0.4) is 0 Å². The first-order chi connectivity index (χ1) is 9.93. The van der Waals surface area contributed by atoms with E-state index in [1.165, 1.54) is 0 Å². The van der Waals surface area contributed by atoms with Crippen LogP contribution in [-0.4, -0.2) is 43.0 Å². The number of nitrogens with one attached hydrogen (secondary N) is 2. The summed E-state index contributed by atoms with van der Waals surface area (Å²) in [5.74, 6) is 0.696. The first-order valence-corrected chi connectivity index (χ1v) is 8.31. The SMILES string of the molecule is CSCC(C)NC(=O)c1ccc2c(c1)NC(=O)C(C)N2C. The standard InChI is InChI=1S/C15H21N3O2S/c1-9(8-21-4)16-15(20)11-5-6-13-12(7-11)17-14(19)10(2)18(13)3/h5-7,9-10H,8H2,1-4H3,(H,16,20)(H,17,19). The van der Waals surface area contributed by atoms with Gasteiger partial charge in [-0.15, -0.1) is 0 Å². The van der Waals surface area contributed by atoms with Gasteiger partial charge in [-0.05, 0) is 38.3 Å². The molecule has 1 aromatic carbocycles. The summed E-state index contributed by atoms with van der Waals surface area (Å²) in [6.07, 6.45) is 2.01. The van der Waals surface area contributed by atoms with E-state index in [0.29, 0.717) is 11.3 Å². The summed E-state index contributed by atoms with van der Waals surface area (Å²) in [6.45, 7) is 3.83. The number of carbonyl (C=O) groups excluding carboxylic acids is 2. The Balaban J connectivity index is 2.20. The third-order valence-electron chi connectivity index (χ3n) is 3.65. The average molecular weight is 307 g/mol. The van der Waals surface area contributed by atoms with Gasteiger partial charge in [0, 0.05) is 24.4 Å². The highest BCUT2D eigenvalue weighted by atomic mass is 32.2. The molecule has 1 aromatic rings. The van der Waals surface area contributed by atoms with Crippen molar-refractivity contribution in [2.24, 2.45) is 0 Å². The Morgan fingerprint density at radius 3 is 2.90 bits per heavy atom. The molecule has 2 unspecified atom stereocenters. The number of thioether (sulfide) groups is 1. The van der Waals surface area contributed by atoms with Gasteiger partial charge in [0.1, 0.15) is 6.04 Å². The van der Waals surface area contributed by atoms with Gasteiger partial charge in [-0.3, -0.25) is 9.59 Å². The number of hydrogen-bond donors (Lipinski definition) is 2. The van der Waals surface area contributed by atoms with Crippen molar-refractivity contribution in [1.82, 2.24) is 5.32 Å². The molecular weight excluding hydrogens is 286 g/mol. The van der Waals surface area contributed by atoms with E-state index in [9.17, 15) is 9.59 Å². The zero-order valence-electron chi connectivity index (χ0n) is 12.8. The van der Waals surface area contributed by atoms with E-state index < -0.39 is 0 Å². The number of likely N-dealkylation sites (N-methyl/N-ethyl adjacent to an activating group) is 1. The number of rotatable bonds is 4. The third-order valence-corrected chi connectivity index (χ3v) is 4.48. The van der Waals surface area contributed by atoms with Crippen molar-refractivity contribution in [2.75, 3.05) is 29.3 Å². The van der Waals surface area contributed by atoms with Crippen LogP contribution in [-0.2, 0) is 4.79 Å². The van der Waals surface area contributed by atoms with Gasteiger partial charge in [0.25, 0.3) is 5.91 Å². The van der Waals surface area contributed by atoms with Crippen LogP contribution in [0.5, 0.6) is 0 Å². The van der Waals surface area contributed by atoms with Crippen molar-refractivity contribution in [3.8, 4) is 0 Å². The molecule has 2 rings (SSSR count). The van der Waals surface area contributed by atoms with Gasteiger partial charge in [-0.1, -0.05) is 0 Å². The molecule has 114 valence electrons. The molecule has 1 aliphatic heterocycles. The third kappa shape index (κ3) is 3.32. The first-order valence-electron chi connectivity index (χ1n) is 6.91. The maximum absolute atomic E-state index is 12.2. The second-order valence-electron chi connectivity index (χ2n) is 5.34. The minimum atomic E-state index is -0.209. The van der Waals surface area contributed by atoms with E-state index >= 15 is 0 Å². The molecule has 1 aliphatic rings. The second kappa shape index (κ2) is 6.39. The van der Waals surface area contributed by atoms with E-state index in [-0.39, 0.29) is 23.9 Å². The van der Waals surface area contributed by atoms with E-state index in [1.807, 2.05) is 38.1 Å². The van der Waals surface area contributed by atoms with E-state index in [4.69, 9.17) is 0 Å². The Morgan fingerprint density at radius 2 is 2.24 bits per heavy atom. The Labute approximate surface area is 129 Å². The number of anilines is 2. The van der Waals surface area contributed by atoms with Crippen LogP contribution >= 0.6 is 11.8 Å². The maximum atomic E-state index is 12.2. The predicted octanol–water partition coefficient (Wildman–Crippen LogP) is 1.94. The number of fused-ring (bicyclic) bond motifs is 1. The van der Waals surface area contributed by atoms with Gasteiger partial charge in [0.05, 0.1) is 11.4 Å². The smallest absolute Gasteiger partial charge is 0.251 e. The lowest BCUT2D eigenvalue weighted by Crippen LogP contribution is -2.44. The van der Waals surface area contributed by atoms with Crippen molar-refractivity contribution in [3.05, 3.63) is 23.8 Å². The monoisotopic (exact) mass is 307 g/mol. The molecule has 0 radical (unpaired) electrons. The number of benzene rings is 1. The molecule has 2 N–H and O–H groups in total. The lowest BCUT2D eigenvalue weighted by atomic mass is 10.1. The fourth-order valence-electron chi connectivity index (χ4n) is 2.31. The molecule has 2 amide bonds. The van der Waals surface area contributed by atoms with Crippen molar-refractivity contribution >= 4 is 35.0 Å². The van der Waals surface area contributed by atoms with Crippen molar-refractivity contribution in [3.63, 3.8) is 0 Å². The van der Waals surface area contributed by atoms with Crippen LogP contribution in [0.1, 0.15) is 24.2 Å². The minimum absolute atomic E-state index is 0.0571. The summed E-state index contributed by atoms with van der Waals surface area (Å²) in [7, 11) is 1.88. The Kier molecular flexibility index (Phi) is 4.77. The maximum Gasteiger partial charge on any atom is 0.251 e. The Bertz CT molecular complexity index is 562. The normalized spacial score (nSPS) is 18.8. The van der Waals surface area contributed by atoms with Gasteiger partial charge in [-0.2, -0.15) is 11.8 Å².